The highest BCUT2D eigenvalue weighted by Gasteiger charge is 2.08. The van der Waals surface area contributed by atoms with Gasteiger partial charge < -0.3 is 10.2 Å². The minimum Gasteiger partial charge on any atom is -0.378 e. The summed E-state index contributed by atoms with van der Waals surface area (Å²) in [5.41, 5.74) is 3.37. The number of anilines is 1. The van der Waals surface area contributed by atoms with Crippen molar-refractivity contribution >= 4 is 22.9 Å². The van der Waals surface area contributed by atoms with Crippen LogP contribution < -0.4 is 10.2 Å². The molecule has 1 aromatic carbocycles. The first kappa shape index (κ1) is 15.2. The number of hydrogen-bond acceptors (Lipinski definition) is 5. The van der Waals surface area contributed by atoms with Crippen molar-refractivity contribution in [3.05, 3.63) is 58.5 Å². The van der Waals surface area contributed by atoms with Crippen LogP contribution in [0.1, 0.15) is 16.1 Å². The van der Waals surface area contributed by atoms with Gasteiger partial charge in [0.25, 0.3) is 5.91 Å². The Kier molecular flexibility index (Phi) is 4.38. The molecule has 0 radical (unpaired) electrons. The molecule has 0 spiro atoms. The van der Waals surface area contributed by atoms with Crippen molar-refractivity contribution in [3.63, 3.8) is 0 Å². The van der Waals surface area contributed by atoms with Gasteiger partial charge in [0, 0.05) is 30.7 Å². The maximum Gasteiger partial charge on any atom is 0.251 e. The van der Waals surface area contributed by atoms with Crippen molar-refractivity contribution in [3.8, 4) is 5.69 Å². The Morgan fingerprint density at radius 2 is 2.04 bits per heavy atom. The Morgan fingerprint density at radius 3 is 2.70 bits per heavy atom. The molecule has 0 bridgehead atoms. The molecule has 0 fully saturated rings. The summed E-state index contributed by atoms with van der Waals surface area (Å²) in [5.74, 6) is -0.125. The summed E-state index contributed by atoms with van der Waals surface area (Å²) in [6, 6.07) is 9.43. The Balaban J connectivity index is 1.60. The van der Waals surface area contributed by atoms with E-state index in [1.807, 2.05) is 66.3 Å². The molecule has 2 aromatic heterocycles. The van der Waals surface area contributed by atoms with Crippen LogP contribution in [0.4, 0.5) is 5.69 Å². The highest BCUT2D eigenvalue weighted by Crippen LogP contribution is 2.13. The van der Waals surface area contributed by atoms with Crippen LogP contribution in [0, 0.1) is 0 Å². The SMILES string of the molecule is CN(C)c1ccc(C(=O)NCc2cn(-c3ccsc3)nn2)cc1. The molecule has 0 aliphatic rings. The minimum absolute atomic E-state index is 0.125. The third-order valence-electron chi connectivity index (χ3n) is 3.39. The van der Waals surface area contributed by atoms with E-state index >= 15 is 0 Å². The number of benzene rings is 1. The zero-order valence-electron chi connectivity index (χ0n) is 12.9. The Morgan fingerprint density at radius 1 is 1.26 bits per heavy atom. The number of nitrogens with zero attached hydrogens (tertiary/aromatic N) is 4. The summed E-state index contributed by atoms with van der Waals surface area (Å²) in [7, 11) is 3.93. The van der Waals surface area contributed by atoms with Gasteiger partial charge in [0.1, 0.15) is 5.69 Å². The van der Waals surface area contributed by atoms with E-state index < -0.39 is 0 Å². The summed E-state index contributed by atoms with van der Waals surface area (Å²) in [4.78, 5) is 14.1. The number of nitrogens with one attached hydrogen (secondary N) is 1. The maximum absolute atomic E-state index is 12.2. The van der Waals surface area contributed by atoms with Crippen LogP contribution in [0.5, 0.6) is 0 Å². The van der Waals surface area contributed by atoms with Gasteiger partial charge in [0.05, 0.1) is 18.4 Å². The van der Waals surface area contributed by atoms with Crippen molar-refractivity contribution < 1.29 is 4.79 Å². The average molecular weight is 327 g/mol. The predicted molar refractivity (Wildman–Crippen MR) is 91.2 cm³/mol. The van der Waals surface area contributed by atoms with E-state index in [-0.39, 0.29) is 5.91 Å². The molecule has 3 aromatic rings. The summed E-state index contributed by atoms with van der Waals surface area (Å²) in [6.45, 7) is 0.346. The molecule has 0 aliphatic carbocycles. The first-order chi connectivity index (χ1) is 11.1. The van der Waals surface area contributed by atoms with E-state index in [2.05, 4.69) is 15.6 Å². The predicted octanol–water partition coefficient (Wildman–Crippen LogP) is 2.32. The zero-order chi connectivity index (χ0) is 16.2. The minimum atomic E-state index is -0.125. The lowest BCUT2D eigenvalue weighted by atomic mass is 10.2. The molecule has 0 atom stereocenters. The van der Waals surface area contributed by atoms with Gasteiger partial charge in [-0.2, -0.15) is 11.3 Å². The highest BCUT2D eigenvalue weighted by molar-refractivity contribution is 7.08. The van der Waals surface area contributed by atoms with Gasteiger partial charge in [-0.05, 0) is 35.7 Å². The van der Waals surface area contributed by atoms with Crippen LogP contribution in [0.3, 0.4) is 0 Å². The fourth-order valence-electron chi connectivity index (χ4n) is 2.08. The second kappa shape index (κ2) is 6.62. The van der Waals surface area contributed by atoms with Gasteiger partial charge in [-0.3, -0.25) is 4.79 Å². The number of thiophene rings is 1. The van der Waals surface area contributed by atoms with Gasteiger partial charge in [-0.1, -0.05) is 5.21 Å². The van der Waals surface area contributed by atoms with Crippen LogP contribution in [0.2, 0.25) is 0 Å². The van der Waals surface area contributed by atoms with Crippen LogP contribution in [-0.4, -0.2) is 35.0 Å². The van der Waals surface area contributed by atoms with Gasteiger partial charge in [-0.25, -0.2) is 4.68 Å². The molecule has 1 N–H and O–H groups in total. The molecule has 0 aliphatic heterocycles. The van der Waals surface area contributed by atoms with E-state index in [9.17, 15) is 4.79 Å². The molecule has 6 nitrogen and oxygen atoms in total. The number of carbonyl (C=O) groups is 1. The summed E-state index contributed by atoms with van der Waals surface area (Å²) >= 11 is 1.60. The molecule has 1 amide bonds. The van der Waals surface area contributed by atoms with Gasteiger partial charge in [0.15, 0.2) is 0 Å². The van der Waals surface area contributed by atoms with E-state index in [0.717, 1.165) is 17.1 Å². The van der Waals surface area contributed by atoms with E-state index in [1.165, 1.54) is 0 Å². The van der Waals surface area contributed by atoms with Crippen LogP contribution >= 0.6 is 11.3 Å². The molecule has 0 saturated carbocycles. The number of rotatable bonds is 5. The second-order valence-electron chi connectivity index (χ2n) is 5.26. The van der Waals surface area contributed by atoms with Crippen LogP contribution in [0.15, 0.2) is 47.3 Å². The lowest BCUT2D eigenvalue weighted by molar-refractivity contribution is 0.0950. The third-order valence-corrected chi connectivity index (χ3v) is 4.06. The van der Waals surface area contributed by atoms with Gasteiger partial charge in [-0.15, -0.1) is 5.10 Å². The number of aromatic nitrogens is 3. The Bertz CT molecular complexity index is 777. The van der Waals surface area contributed by atoms with Crippen LogP contribution in [0.25, 0.3) is 5.69 Å². The van der Waals surface area contributed by atoms with Gasteiger partial charge in [0.2, 0.25) is 0 Å². The molecular weight excluding hydrogens is 310 g/mol. The Hall–Kier alpha value is -2.67. The first-order valence-corrected chi connectivity index (χ1v) is 8.07. The quantitative estimate of drug-likeness (QED) is 0.781. The number of amides is 1. The molecule has 3 rings (SSSR count). The zero-order valence-corrected chi connectivity index (χ0v) is 13.7. The van der Waals surface area contributed by atoms with E-state index in [0.29, 0.717) is 12.1 Å². The summed E-state index contributed by atoms with van der Waals surface area (Å²) < 4.78 is 1.70. The number of carbonyl (C=O) groups excluding carboxylic acids is 1. The van der Waals surface area contributed by atoms with Crippen molar-refractivity contribution in [1.29, 1.82) is 0 Å². The van der Waals surface area contributed by atoms with E-state index in [4.69, 9.17) is 0 Å². The molecule has 0 unspecified atom stereocenters. The first-order valence-electron chi connectivity index (χ1n) is 7.13. The average Bonchev–Trinajstić information content (AvgIpc) is 3.23. The van der Waals surface area contributed by atoms with Crippen molar-refractivity contribution in [2.75, 3.05) is 19.0 Å². The lowest BCUT2D eigenvalue weighted by Crippen LogP contribution is -2.23. The number of hydrogen-bond donors (Lipinski definition) is 1. The Labute approximate surface area is 138 Å². The van der Waals surface area contributed by atoms with Crippen molar-refractivity contribution in [2.45, 2.75) is 6.54 Å². The van der Waals surface area contributed by atoms with Crippen LogP contribution in [-0.2, 0) is 6.54 Å². The summed E-state index contributed by atoms with van der Waals surface area (Å²) in [5, 5.41) is 15.0. The molecule has 0 saturated heterocycles. The molecule has 118 valence electrons. The van der Waals surface area contributed by atoms with Gasteiger partial charge >= 0.3 is 0 Å². The molecule has 23 heavy (non-hydrogen) atoms. The normalized spacial score (nSPS) is 10.5. The molecule has 7 heteroatoms. The second-order valence-corrected chi connectivity index (χ2v) is 6.04. The van der Waals surface area contributed by atoms with Crippen molar-refractivity contribution in [2.24, 2.45) is 0 Å². The summed E-state index contributed by atoms with van der Waals surface area (Å²) in [6.07, 6.45) is 1.82. The smallest absolute Gasteiger partial charge is 0.251 e. The largest absolute Gasteiger partial charge is 0.378 e. The highest BCUT2D eigenvalue weighted by atomic mass is 32.1. The van der Waals surface area contributed by atoms with Crippen molar-refractivity contribution in [1.82, 2.24) is 20.3 Å². The maximum atomic E-state index is 12.2. The fraction of sp³-hybridized carbons (Fsp3) is 0.188. The lowest BCUT2D eigenvalue weighted by Gasteiger charge is -2.12. The van der Waals surface area contributed by atoms with E-state index in [1.54, 1.807) is 16.0 Å². The topological polar surface area (TPSA) is 63.1 Å². The monoisotopic (exact) mass is 327 g/mol. The third kappa shape index (κ3) is 3.57. The molecular formula is C16H17N5OS. The standard InChI is InChI=1S/C16H17N5OS/c1-20(2)14-5-3-12(4-6-14)16(22)17-9-13-10-21(19-18-13)15-7-8-23-11-15/h3-8,10-11H,9H2,1-2H3,(H,17,22). The molecule has 2 heterocycles. The fourth-order valence-corrected chi connectivity index (χ4v) is 2.70.